The molecule has 0 amide bonds. The number of rotatable bonds is 4. The van der Waals surface area contributed by atoms with E-state index in [2.05, 4.69) is 0 Å². The summed E-state index contributed by atoms with van der Waals surface area (Å²) < 4.78 is 29.1. The van der Waals surface area contributed by atoms with Crippen molar-refractivity contribution in [1.82, 2.24) is 0 Å². The molecule has 5 heteroatoms. The Kier molecular flexibility index (Phi) is 4.60. The highest BCUT2D eigenvalue weighted by molar-refractivity contribution is 7.91. The van der Waals surface area contributed by atoms with Crippen LogP contribution in [0.5, 0.6) is 0 Å². The van der Waals surface area contributed by atoms with Crippen LogP contribution in [0.1, 0.15) is 31.4 Å². The summed E-state index contributed by atoms with van der Waals surface area (Å²) in [5.41, 5.74) is 7.18. The summed E-state index contributed by atoms with van der Waals surface area (Å²) in [6.07, 6.45) is 1.87. The van der Waals surface area contributed by atoms with E-state index in [4.69, 9.17) is 10.5 Å². The zero-order chi connectivity index (χ0) is 13.9. The molecule has 0 saturated carbocycles. The third-order valence-corrected chi connectivity index (χ3v) is 5.49. The molecule has 1 atom stereocenters. The second-order valence-electron chi connectivity index (χ2n) is 4.95. The number of benzene rings is 1. The third-order valence-electron chi connectivity index (χ3n) is 3.76. The Morgan fingerprint density at radius 2 is 2.05 bits per heavy atom. The minimum absolute atomic E-state index is 0.114. The molecule has 1 saturated heterocycles. The van der Waals surface area contributed by atoms with E-state index < -0.39 is 9.84 Å². The Labute approximate surface area is 114 Å². The standard InChI is InChI=1S/C14H21NO3S/c1-2-19(16,17)13-5-3-4-12(10-13)14(15)11-6-8-18-9-7-11/h3-5,10-11,14H,2,6-9,15H2,1H3. The van der Waals surface area contributed by atoms with Gasteiger partial charge in [0.25, 0.3) is 0 Å². The van der Waals surface area contributed by atoms with E-state index >= 15 is 0 Å². The first-order valence-corrected chi connectivity index (χ1v) is 8.36. The molecule has 0 aliphatic carbocycles. The van der Waals surface area contributed by atoms with E-state index in [0.717, 1.165) is 31.6 Å². The van der Waals surface area contributed by atoms with Crippen LogP contribution in [0.25, 0.3) is 0 Å². The zero-order valence-electron chi connectivity index (χ0n) is 11.2. The van der Waals surface area contributed by atoms with Crippen molar-refractivity contribution in [3.05, 3.63) is 29.8 Å². The maximum Gasteiger partial charge on any atom is 0.178 e. The topological polar surface area (TPSA) is 69.4 Å². The molecule has 4 nitrogen and oxygen atoms in total. The van der Waals surface area contributed by atoms with Gasteiger partial charge in [0.15, 0.2) is 9.84 Å². The first-order chi connectivity index (χ1) is 9.04. The summed E-state index contributed by atoms with van der Waals surface area (Å²) in [6, 6.07) is 6.93. The summed E-state index contributed by atoms with van der Waals surface area (Å²) >= 11 is 0. The van der Waals surface area contributed by atoms with Crippen molar-refractivity contribution in [2.45, 2.75) is 30.7 Å². The molecule has 0 bridgehead atoms. The van der Waals surface area contributed by atoms with Gasteiger partial charge in [0, 0.05) is 19.3 Å². The molecule has 19 heavy (non-hydrogen) atoms. The fourth-order valence-corrected chi connectivity index (χ4v) is 3.36. The average molecular weight is 283 g/mol. The Balaban J connectivity index is 2.23. The zero-order valence-corrected chi connectivity index (χ0v) is 12.0. The fraction of sp³-hybridized carbons (Fsp3) is 0.571. The molecular formula is C14H21NO3S. The van der Waals surface area contributed by atoms with Crippen LogP contribution in [0.2, 0.25) is 0 Å². The van der Waals surface area contributed by atoms with Gasteiger partial charge in [0.2, 0.25) is 0 Å². The average Bonchev–Trinajstić information content (AvgIpc) is 2.47. The van der Waals surface area contributed by atoms with Crippen LogP contribution in [-0.2, 0) is 14.6 Å². The van der Waals surface area contributed by atoms with Gasteiger partial charge in [-0.3, -0.25) is 0 Å². The molecule has 1 aliphatic rings. The highest BCUT2D eigenvalue weighted by Gasteiger charge is 2.23. The quantitative estimate of drug-likeness (QED) is 0.916. The van der Waals surface area contributed by atoms with Crippen LogP contribution in [0.4, 0.5) is 0 Å². The van der Waals surface area contributed by atoms with E-state index in [0.29, 0.717) is 10.8 Å². The van der Waals surface area contributed by atoms with Gasteiger partial charge in [0.05, 0.1) is 10.6 Å². The number of nitrogens with two attached hydrogens (primary N) is 1. The second-order valence-corrected chi connectivity index (χ2v) is 7.23. The fourth-order valence-electron chi connectivity index (χ4n) is 2.43. The monoisotopic (exact) mass is 283 g/mol. The lowest BCUT2D eigenvalue weighted by Crippen LogP contribution is -2.27. The predicted molar refractivity (Wildman–Crippen MR) is 74.6 cm³/mol. The van der Waals surface area contributed by atoms with Crippen LogP contribution in [-0.4, -0.2) is 27.4 Å². The smallest absolute Gasteiger partial charge is 0.178 e. The first kappa shape index (κ1) is 14.5. The molecule has 1 aliphatic heterocycles. The van der Waals surface area contributed by atoms with Crippen molar-refractivity contribution < 1.29 is 13.2 Å². The minimum Gasteiger partial charge on any atom is -0.381 e. The van der Waals surface area contributed by atoms with Crippen LogP contribution in [0.3, 0.4) is 0 Å². The molecule has 1 heterocycles. The van der Waals surface area contributed by atoms with Crippen LogP contribution < -0.4 is 5.73 Å². The number of hydrogen-bond acceptors (Lipinski definition) is 4. The van der Waals surface area contributed by atoms with E-state index in [-0.39, 0.29) is 11.8 Å². The summed E-state index contributed by atoms with van der Waals surface area (Å²) in [7, 11) is -3.17. The van der Waals surface area contributed by atoms with Gasteiger partial charge in [-0.05, 0) is 36.5 Å². The summed E-state index contributed by atoms with van der Waals surface area (Å²) in [6.45, 7) is 3.14. The van der Waals surface area contributed by atoms with Crippen LogP contribution in [0, 0.1) is 5.92 Å². The Bertz CT molecular complexity index is 521. The van der Waals surface area contributed by atoms with Gasteiger partial charge < -0.3 is 10.5 Å². The lowest BCUT2D eigenvalue weighted by Gasteiger charge is -2.28. The molecular weight excluding hydrogens is 262 g/mol. The Morgan fingerprint density at radius 1 is 1.37 bits per heavy atom. The Hall–Kier alpha value is -0.910. The summed E-state index contributed by atoms with van der Waals surface area (Å²) in [4.78, 5) is 0.370. The largest absolute Gasteiger partial charge is 0.381 e. The maximum absolute atomic E-state index is 11.9. The Morgan fingerprint density at radius 3 is 2.68 bits per heavy atom. The number of hydrogen-bond donors (Lipinski definition) is 1. The van der Waals surface area contributed by atoms with Gasteiger partial charge in [0.1, 0.15) is 0 Å². The van der Waals surface area contributed by atoms with E-state index in [9.17, 15) is 8.42 Å². The highest BCUT2D eigenvalue weighted by Crippen LogP contribution is 2.29. The van der Waals surface area contributed by atoms with Gasteiger partial charge >= 0.3 is 0 Å². The van der Waals surface area contributed by atoms with Crippen molar-refractivity contribution >= 4 is 9.84 Å². The molecule has 2 rings (SSSR count). The van der Waals surface area contributed by atoms with E-state index in [1.807, 2.05) is 6.07 Å². The third kappa shape index (κ3) is 3.35. The summed E-state index contributed by atoms with van der Waals surface area (Å²) in [5.74, 6) is 0.483. The lowest BCUT2D eigenvalue weighted by atomic mass is 9.88. The molecule has 0 spiro atoms. The van der Waals surface area contributed by atoms with Crippen molar-refractivity contribution in [3.63, 3.8) is 0 Å². The highest BCUT2D eigenvalue weighted by atomic mass is 32.2. The van der Waals surface area contributed by atoms with Gasteiger partial charge in [-0.2, -0.15) is 0 Å². The predicted octanol–water partition coefficient (Wildman–Crippen LogP) is 1.91. The molecule has 0 radical (unpaired) electrons. The molecule has 0 aromatic heterocycles. The van der Waals surface area contributed by atoms with Crippen LogP contribution in [0.15, 0.2) is 29.2 Å². The molecule has 1 aromatic carbocycles. The second kappa shape index (κ2) is 6.03. The lowest BCUT2D eigenvalue weighted by molar-refractivity contribution is 0.0583. The van der Waals surface area contributed by atoms with E-state index in [1.54, 1.807) is 25.1 Å². The van der Waals surface area contributed by atoms with Gasteiger partial charge in [-0.15, -0.1) is 0 Å². The van der Waals surface area contributed by atoms with E-state index in [1.165, 1.54) is 0 Å². The summed E-state index contributed by atoms with van der Waals surface area (Å²) in [5, 5.41) is 0. The molecule has 2 N–H and O–H groups in total. The normalized spacial score (nSPS) is 19.3. The SMILES string of the molecule is CCS(=O)(=O)c1cccc(C(N)C2CCOCC2)c1. The van der Waals surface area contributed by atoms with Crippen molar-refractivity contribution in [3.8, 4) is 0 Å². The van der Waals surface area contributed by atoms with Crippen molar-refractivity contribution in [1.29, 1.82) is 0 Å². The van der Waals surface area contributed by atoms with Gasteiger partial charge in [-0.1, -0.05) is 19.1 Å². The molecule has 1 fully saturated rings. The maximum atomic E-state index is 11.9. The van der Waals surface area contributed by atoms with Gasteiger partial charge in [-0.25, -0.2) is 8.42 Å². The van der Waals surface area contributed by atoms with Crippen LogP contribution >= 0.6 is 0 Å². The molecule has 1 unspecified atom stereocenters. The number of sulfone groups is 1. The first-order valence-electron chi connectivity index (χ1n) is 6.70. The van der Waals surface area contributed by atoms with Crippen molar-refractivity contribution in [2.24, 2.45) is 11.7 Å². The number of ether oxygens (including phenoxy) is 1. The van der Waals surface area contributed by atoms with Crippen molar-refractivity contribution in [2.75, 3.05) is 19.0 Å². The molecule has 1 aromatic rings. The minimum atomic E-state index is -3.17. The molecule has 106 valence electrons.